The molecule has 0 atom stereocenters. The third-order valence-corrected chi connectivity index (χ3v) is 2.57. The van der Waals surface area contributed by atoms with Crippen LogP contribution in [0, 0.1) is 0 Å². The summed E-state index contributed by atoms with van der Waals surface area (Å²) in [6.45, 7) is 2.44. The Bertz CT molecular complexity index is 567. The van der Waals surface area contributed by atoms with Crippen LogP contribution in [0.25, 0.3) is 0 Å². The van der Waals surface area contributed by atoms with Crippen molar-refractivity contribution in [2.75, 3.05) is 24.3 Å². The van der Waals surface area contributed by atoms with Gasteiger partial charge in [0.25, 0.3) is 5.91 Å². The van der Waals surface area contributed by atoms with Gasteiger partial charge in [-0.05, 0) is 25.1 Å². The number of carbonyl (C=O) groups excluding carboxylic acids is 1. The Morgan fingerprint density at radius 2 is 1.90 bits per heavy atom. The first kappa shape index (κ1) is 13.8. The summed E-state index contributed by atoms with van der Waals surface area (Å²) in [5, 5.41) is 5.67. The van der Waals surface area contributed by atoms with E-state index in [-0.39, 0.29) is 5.91 Å². The van der Waals surface area contributed by atoms with Gasteiger partial charge in [0, 0.05) is 13.1 Å². The largest absolute Gasteiger partial charge is 0.478 e. The molecule has 0 bridgehead atoms. The summed E-state index contributed by atoms with van der Waals surface area (Å²) in [6, 6.07) is 6.88. The first-order chi connectivity index (χ1) is 9.72. The lowest BCUT2D eigenvalue weighted by atomic mass is 10.3. The van der Waals surface area contributed by atoms with Crippen molar-refractivity contribution in [3.63, 3.8) is 0 Å². The molecular weight excluding hydrogens is 256 g/mol. The number of hydrogen-bond acceptors (Lipinski definition) is 5. The molecule has 0 saturated heterocycles. The highest BCUT2D eigenvalue weighted by Gasteiger charge is 2.07. The van der Waals surface area contributed by atoms with Gasteiger partial charge in [0.15, 0.2) is 0 Å². The van der Waals surface area contributed by atoms with Crippen molar-refractivity contribution in [3.05, 3.63) is 42.4 Å². The number of pyridine rings is 2. The molecule has 0 spiro atoms. The summed E-state index contributed by atoms with van der Waals surface area (Å²) < 4.78 is 5.23. The number of amides is 1. The average molecular weight is 272 g/mol. The van der Waals surface area contributed by atoms with Gasteiger partial charge in [-0.1, -0.05) is 0 Å². The maximum atomic E-state index is 12.0. The van der Waals surface area contributed by atoms with E-state index in [1.54, 1.807) is 43.7 Å². The van der Waals surface area contributed by atoms with Gasteiger partial charge in [0.2, 0.25) is 5.88 Å². The number of aromatic nitrogens is 2. The summed E-state index contributed by atoms with van der Waals surface area (Å²) >= 11 is 0. The standard InChI is InChI=1S/C14H16N4O2/c1-3-20-13-7-5-11(9-17-13)18-14(19)12-6-4-10(15-2)8-16-12/h4-9,15H,3H2,1-2H3,(H,18,19). The normalized spacial score (nSPS) is 9.90. The van der Waals surface area contributed by atoms with Crippen LogP contribution in [0.4, 0.5) is 11.4 Å². The highest BCUT2D eigenvalue weighted by Crippen LogP contribution is 2.13. The summed E-state index contributed by atoms with van der Waals surface area (Å²) in [5.41, 5.74) is 1.79. The molecule has 2 heterocycles. The van der Waals surface area contributed by atoms with Crippen molar-refractivity contribution >= 4 is 17.3 Å². The molecule has 0 aromatic carbocycles. The van der Waals surface area contributed by atoms with E-state index >= 15 is 0 Å². The molecule has 6 nitrogen and oxygen atoms in total. The Balaban J connectivity index is 2.02. The highest BCUT2D eigenvalue weighted by molar-refractivity contribution is 6.02. The van der Waals surface area contributed by atoms with E-state index in [2.05, 4.69) is 20.6 Å². The van der Waals surface area contributed by atoms with Gasteiger partial charge in [-0.3, -0.25) is 4.79 Å². The molecule has 6 heteroatoms. The summed E-state index contributed by atoms with van der Waals surface area (Å²) in [4.78, 5) is 20.1. The smallest absolute Gasteiger partial charge is 0.274 e. The maximum absolute atomic E-state index is 12.0. The molecular formula is C14H16N4O2. The second-order valence-corrected chi connectivity index (χ2v) is 3.95. The number of nitrogens with one attached hydrogen (secondary N) is 2. The van der Waals surface area contributed by atoms with Crippen molar-refractivity contribution in [3.8, 4) is 5.88 Å². The predicted molar refractivity (Wildman–Crippen MR) is 77.1 cm³/mol. The zero-order valence-corrected chi connectivity index (χ0v) is 11.4. The van der Waals surface area contributed by atoms with Crippen molar-refractivity contribution in [2.24, 2.45) is 0 Å². The fraction of sp³-hybridized carbons (Fsp3) is 0.214. The molecule has 2 N–H and O–H groups in total. The maximum Gasteiger partial charge on any atom is 0.274 e. The fourth-order valence-electron chi connectivity index (χ4n) is 1.56. The minimum absolute atomic E-state index is 0.279. The monoisotopic (exact) mass is 272 g/mol. The number of carbonyl (C=O) groups is 1. The Hall–Kier alpha value is -2.63. The first-order valence-corrected chi connectivity index (χ1v) is 6.27. The Morgan fingerprint density at radius 3 is 2.45 bits per heavy atom. The number of nitrogens with zero attached hydrogens (tertiary/aromatic N) is 2. The molecule has 0 aliphatic carbocycles. The van der Waals surface area contributed by atoms with Crippen LogP contribution in [0.15, 0.2) is 36.7 Å². The predicted octanol–water partition coefficient (Wildman–Crippen LogP) is 2.17. The molecule has 0 unspecified atom stereocenters. The summed E-state index contributed by atoms with van der Waals surface area (Å²) in [6.07, 6.45) is 3.15. The SMILES string of the molecule is CCOc1ccc(NC(=O)c2ccc(NC)cn2)cn1. The van der Waals surface area contributed by atoms with Gasteiger partial charge in [-0.25, -0.2) is 9.97 Å². The molecule has 2 aromatic heterocycles. The molecule has 2 aromatic rings. The third-order valence-electron chi connectivity index (χ3n) is 2.57. The van der Waals surface area contributed by atoms with Crippen LogP contribution >= 0.6 is 0 Å². The van der Waals surface area contributed by atoms with Gasteiger partial charge in [0.05, 0.1) is 30.4 Å². The van der Waals surface area contributed by atoms with Crippen LogP contribution in [0.1, 0.15) is 17.4 Å². The van der Waals surface area contributed by atoms with Crippen LogP contribution in [-0.2, 0) is 0 Å². The van der Waals surface area contributed by atoms with E-state index in [1.165, 1.54) is 0 Å². The topological polar surface area (TPSA) is 76.1 Å². The van der Waals surface area contributed by atoms with Gasteiger partial charge in [-0.2, -0.15) is 0 Å². The minimum Gasteiger partial charge on any atom is -0.478 e. The molecule has 0 aliphatic rings. The second-order valence-electron chi connectivity index (χ2n) is 3.95. The summed E-state index contributed by atoms with van der Waals surface area (Å²) in [7, 11) is 1.79. The van der Waals surface area contributed by atoms with Crippen molar-refractivity contribution in [2.45, 2.75) is 6.92 Å². The molecule has 0 aliphatic heterocycles. The molecule has 104 valence electrons. The molecule has 0 saturated carbocycles. The number of anilines is 2. The van der Waals surface area contributed by atoms with Crippen LogP contribution in [0.5, 0.6) is 5.88 Å². The van der Waals surface area contributed by atoms with E-state index in [1.807, 2.05) is 6.92 Å². The van der Waals surface area contributed by atoms with Gasteiger partial charge < -0.3 is 15.4 Å². The van der Waals surface area contributed by atoms with Crippen molar-refractivity contribution in [1.82, 2.24) is 9.97 Å². The lowest BCUT2D eigenvalue weighted by Gasteiger charge is -2.06. The molecule has 20 heavy (non-hydrogen) atoms. The second kappa shape index (κ2) is 6.51. The van der Waals surface area contributed by atoms with Crippen LogP contribution in [0.3, 0.4) is 0 Å². The lowest BCUT2D eigenvalue weighted by Crippen LogP contribution is -2.13. The number of hydrogen-bond donors (Lipinski definition) is 2. The lowest BCUT2D eigenvalue weighted by molar-refractivity contribution is 0.102. The molecule has 0 fully saturated rings. The average Bonchev–Trinajstić information content (AvgIpc) is 2.49. The Labute approximate surface area is 117 Å². The quantitative estimate of drug-likeness (QED) is 0.872. The number of ether oxygens (including phenoxy) is 1. The van der Waals surface area contributed by atoms with E-state index < -0.39 is 0 Å². The van der Waals surface area contributed by atoms with Gasteiger partial charge in [-0.15, -0.1) is 0 Å². The summed E-state index contributed by atoms with van der Waals surface area (Å²) in [5.74, 6) is 0.251. The fourth-order valence-corrected chi connectivity index (χ4v) is 1.56. The van der Waals surface area contributed by atoms with Crippen molar-refractivity contribution in [1.29, 1.82) is 0 Å². The number of rotatable bonds is 5. The highest BCUT2D eigenvalue weighted by atomic mass is 16.5. The molecule has 2 rings (SSSR count). The third kappa shape index (κ3) is 3.44. The first-order valence-electron chi connectivity index (χ1n) is 6.27. The van der Waals surface area contributed by atoms with Gasteiger partial charge >= 0.3 is 0 Å². The van der Waals surface area contributed by atoms with E-state index in [4.69, 9.17) is 4.74 Å². The van der Waals surface area contributed by atoms with Crippen LogP contribution in [-0.4, -0.2) is 29.5 Å². The minimum atomic E-state index is -0.279. The zero-order chi connectivity index (χ0) is 14.4. The van der Waals surface area contributed by atoms with Crippen LogP contribution < -0.4 is 15.4 Å². The Kier molecular flexibility index (Phi) is 4.49. The van der Waals surface area contributed by atoms with Crippen LogP contribution in [0.2, 0.25) is 0 Å². The van der Waals surface area contributed by atoms with E-state index in [0.717, 1.165) is 5.69 Å². The Morgan fingerprint density at radius 1 is 1.15 bits per heavy atom. The molecule has 1 amide bonds. The zero-order valence-electron chi connectivity index (χ0n) is 11.4. The molecule has 0 radical (unpaired) electrons. The van der Waals surface area contributed by atoms with E-state index in [0.29, 0.717) is 23.9 Å². The van der Waals surface area contributed by atoms with Gasteiger partial charge in [0.1, 0.15) is 5.69 Å². The van der Waals surface area contributed by atoms with Crippen molar-refractivity contribution < 1.29 is 9.53 Å². The van der Waals surface area contributed by atoms with E-state index in [9.17, 15) is 4.79 Å².